The van der Waals surface area contributed by atoms with E-state index in [9.17, 15) is 18.0 Å². The van der Waals surface area contributed by atoms with Crippen LogP contribution in [-0.4, -0.2) is 17.3 Å². The maximum Gasteiger partial charge on any atom is 0.399 e. The van der Waals surface area contributed by atoms with Crippen LogP contribution in [-0.2, 0) is 0 Å². The summed E-state index contributed by atoms with van der Waals surface area (Å²) in [5, 5.41) is 8.84. The Morgan fingerprint density at radius 1 is 1.12 bits per heavy atom. The van der Waals surface area contributed by atoms with Crippen LogP contribution < -0.4 is 0 Å². The molecule has 0 aliphatic heterocycles. The van der Waals surface area contributed by atoms with Gasteiger partial charge in [-0.15, -0.1) is 0 Å². The van der Waals surface area contributed by atoms with Crippen molar-refractivity contribution in [1.29, 1.82) is 0 Å². The zero-order valence-electron chi connectivity index (χ0n) is 12.6. The first kappa shape index (κ1) is 21.3. The third-order valence-electron chi connectivity index (χ3n) is 3.42. The molecule has 2 rings (SSSR count). The van der Waals surface area contributed by atoms with Crippen molar-refractivity contribution in [3.63, 3.8) is 0 Å². The second-order valence-corrected chi connectivity index (χ2v) is 7.58. The second-order valence-electron chi connectivity index (χ2n) is 5.22. The molecule has 0 spiro atoms. The van der Waals surface area contributed by atoms with Crippen molar-refractivity contribution in [3.8, 4) is 0 Å². The molecule has 1 atom stereocenters. The minimum absolute atomic E-state index is 0.0131. The van der Waals surface area contributed by atoms with E-state index in [4.69, 9.17) is 39.9 Å². The Bertz CT molecular complexity index is 859. The maximum absolute atomic E-state index is 13.5. The van der Waals surface area contributed by atoms with Gasteiger partial charge in [0.1, 0.15) is 0 Å². The predicted molar refractivity (Wildman–Crippen MR) is 105 cm³/mol. The number of carbonyl (C=O) groups is 1. The highest BCUT2D eigenvalue weighted by Crippen LogP contribution is 2.41. The van der Waals surface area contributed by atoms with Gasteiger partial charge in [0, 0.05) is 3.57 Å². The molecule has 0 saturated heterocycles. The van der Waals surface area contributed by atoms with Gasteiger partial charge in [0.05, 0.1) is 26.5 Å². The quantitative estimate of drug-likeness (QED) is 0.329. The van der Waals surface area contributed by atoms with Crippen molar-refractivity contribution >= 4 is 69.4 Å². The van der Waals surface area contributed by atoms with Crippen LogP contribution in [0.25, 0.3) is 6.08 Å². The second kappa shape index (κ2) is 8.37. The summed E-state index contributed by atoms with van der Waals surface area (Å²) in [5.41, 5.74) is 0.358. The molecule has 0 bridgehead atoms. The summed E-state index contributed by atoms with van der Waals surface area (Å²) in [6.45, 7) is 0. The summed E-state index contributed by atoms with van der Waals surface area (Å²) in [6, 6.07) is 6.49. The molecule has 26 heavy (non-hydrogen) atoms. The number of hydrogen-bond donors (Lipinski definition) is 1. The average molecular weight is 536 g/mol. The van der Waals surface area contributed by atoms with Crippen LogP contribution in [0.5, 0.6) is 0 Å². The molecule has 0 aliphatic rings. The van der Waals surface area contributed by atoms with Gasteiger partial charge in [-0.3, -0.25) is 0 Å². The molecule has 0 heterocycles. The number of halogens is 7. The van der Waals surface area contributed by atoms with Crippen molar-refractivity contribution in [1.82, 2.24) is 0 Å². The highest BCUT2D eigenvalue weighted by Gasteiger charge is 2.39. The lowest BCUT2D eigenvalue weighted by atomic mass is 9.97. The third kappa shape index (κ3) is 5.06. The maximum atomic E-state index is 13.5. The molecule has 1 unspecified atom stereocenters. The molecule has 0 aliphatic carbocycles. The topological polar surface area (TPSA) is 37.3 Å². The number of allylic oxidation sites excluding steroid dienone is 1. The van der Waals surface area contributed by atoms with Gasteiger partial charge in [0.15, 0.2) is 0 Å². The molecular formula is C17H9Cl3F3IO2. The number of hydrogen-bond acceptors (Lipinski definition) is 1. The van der Waals surface area contributed by atoms with Crippen molar-refractivity contribution < 1.29 is 23.1 Å². The van der Waals surface area contributed by atoms with Crippen LogP contribution in [0.2, 0.25) is 15.1 Å². The van der Waals surface area contributed by atoms with Crippen LogP contribution in [0.4, 0.5) is 13.2 Å². The molecule has 138 valence electrons. The van der Waals surface area contributed by atoms with Crippen molar-refractivity contribution in [2.45, 2.75) is 12.1 Å². The van der Waals surface area contributed by atoms with Gasteiger partial charge in [-0.1, -0.05) is 53.0 Å². The standard InChI is InChI=1S/C17H9Cl3F3IO2/c18-12-6-9(7-13(19)15(12)20)11(17(21,22)23)4-2-8-1-3-10(16(25)26)14(24)5-8/h1-7,11H,(H,25,26). The van der Waals surface area contributed by atoms with E-state index < -0.39 is 18.1 Å². The van der Waals surface area contributed by atoms with E-state index in [-0.39, 0.29) is 26.2 Å². The molecule has 9 heteroatoms. The van der Waals surface area contributed by atoms with Crippen molar-refractivity contribution in [2.24, 2.45) is 0 Å². The largest absolute Gasteiger partial charge is 0.478 e. The lowest BCUT2D eigenvalue weighted by Crippen LogP contribution is -2.19. The number of benzene rings is 2. The Morgan fingerprint density at radius 3 is 2.15 bits per heavy atom. The molecule has 2 aromatic rings. The van der Waals surface area contributed by atoms with Crippen LogP contribution >= 0.6 is 57.4 Å². The minimum Gasteiger partial charge on any atom is -0.478 e. The first-order valence-electron chi connectivity index (χ1n) is 6.93. The SMILES string of the molecule is O=C(O)c1ccc(C=CC(c2cc(Cl)c(Cl)c(Cl)c2)C(F)(F)F)cc1I. The third-order valence-corrected chi connectivity index (χ3v) is 5.51. The normalized spacial score (nSPS) is 13.2. The average Bonchev–Trinajstić information content (AvgIpc) is 2.51. The zero-order chi connectivity index (χ0) is 19.6. The van der Waals surface area contributed by atoms with Gasteiger partial charge < -0.3 is 5.11 Å². The molecule has 0 fully saturated rings. The van der Waals surface area contributed by atoms with Crippen molar-refractivity contribution in [3.05, 3.63) is 71.7 Å². The molecule has 0 saturated carbocycles. The summed E-state index contributed by atoms with van der Waals surface area (Å²) in [5.74, 6) is -3.06. The lowest BCUT2D eigenvalue weighted by molar-refractivity contribution is -0.139. The van der Waals surface area contributed by atoms with E-state index in [0.717, 1.165) is 18.2 Å². The number of carboxylic acids is 1. The van der Waals surface area contributed by atoms with Crippen LogP contribution in [0, 0.1) is 3.57 Å². The van der Waals surface area contributed by atoms with Gasteiger partial charge in [-0.05, 0) is 58.0 Å². The fraction of sp³-hybridized carbons (Fsp3) is 0.118. The number of aromatic carboxylic acids is 1. The highest BCUT2D eigenvalue weighted by molar-refractivity contribution is 14.1. The zero-order valence-corrected chi connectivity index (χ0v) is 17.0. The molecule has 0 radical (unpaired) electrons. The summed E-state index contributed by atoms with van der Waals surface area (Å²) >= 11 is 19.3. The summed E-state index contributed by atoms with van der Waals surface area (Å²) in [6.07, 6.45) is -2.35. The molecule has 2 aromatic carbocycles. The summed E-state index contributed by atoms with van der Waals surface area (Å²) in [7, 11) is 0. The van der Waals surface area contributed by atoms with Gasteiger partial charge in [0.25, 0.3) is 0 Å². The predicted octanol–water partition coefficient (Wildman–Crippen LogP) is 7.31. The first-order chi connectivity index (χ1) is 12.0. The number of alkyl halides is 3. The van der Waals surface area contributed by atoms with E-state index >= 15 is 0 Å². The fourth-order valence-electron chi connectivity index (χ4n) is 2.18. The van der Waals surface area contributed by atoms with Crippen LogP contribution in [0.1, 0.15) is 27.4 Å². The summed E-state index contributed by atoms with van der Waals surface area (Å²) < 4.78 is 40.8. The highest BCUT2D eigenvalue weighted by atomic mass is 127. The fourth-order valence-corrected chi connectivity index (χ4v) is 3.56. The van der Waals surface area contributed by atoms with E-state index in [2.05, 4.69) is 0 Å². The van der Waals surface area contributed by atoms with E-state index in [1.807, 2.05) is 22.6 Å². The first-order valence-corrected chi connectivity index (χ1v) is 9.14. The number of rotatable bonds is 4. The molecular weight excluding hydrogens is 526 g/mol. The molecule has 0 amide bonds. The van der Waals surface area contributed by atoms with E-state index in [1.54, 1.807) is 0 Å². The Kier molecular flexibility index (Phi) is 6.87. The molecule has 0 aromatic heterocycles. The Balaban J connectivity index is 2.42. The van der Waals surface area contributed by atoms with Gasteiger partial charge in [0.2, 0.25) is 0 Å². The lowest BCUT2D eigenvalue weighted by Gasteiger charge is -2.18. The minimum atomic E-state index is -4.58. The van der Waals surface area contributed by atoms with E-state index in [1.165, 1.54) is 24.3 Å². The molecule has 1 N–H and O–H groups in total. The monoisotopic (exact) mass is 534 g/mol. The smallest absolute Gasteiger partial charge is 0.399 e. The number of carboxylic acid groups (broad SMARTS) is 1. The van der Waals surface area contributed by atoms with Crippen molar-refractivity contribution in [2.75, 3.05) is 0 Å². The Hall–Kier alpha value is -0.960. The van der Waals surface area contributed by atoms with Crippen LogP contribution in [0.3, 0.4) is 0 Å². The molecule has 2 nitrogen and oxygen atoms in total. The summed E-state index contributed by atoms with van der Waals surface area (Å²) in [4.78, 5) is 11.0. The van der Waals surface area contributed by atoms with E-state index in [0.29, 0.717) is 9.13 Å². The Labute approximate surface area is 175 Å². The van der Waals surface area contributed by atoms with Gasteiger partial charge >= 0.3 is 12.1 Å². The van der Waals surface area contributed by atoms with Gasteiger partial charge in [-0.2, -0.15) is 13.2 Å². The van der Waals surface area contributed by atoms with Gasteiger partial charge in [-0.25, -0.2) is 4.79 Å². The Morgan fingerprint density at radius 2 is 1.69 bits per heavy atom. The van der Waals surface area contributed by atoms with Crippen LogP contribution in [0.15, 0.2) is 36.4 Å².